The van der Waals surface area contributed by atoms with Gasteiger partial charge >= 0.3 is 0 Å². The van der Waals surface area contributed by atoms with Gasteiger partial charge in [-0.3, -0.25) is 19.3 Å². The van der Waals surface area contributed by atoms with Gasteiger partial charge in [0.15, 0.2) is 0 Å². The van der Waals surface area contributed by atoms with E-state index in [1.54, 1.807) is 48.5 Å². The van der Waals surface area contributed by atoms with E-state index < -0.39 is 6.04 Å². The average Bonchev–Trinajstić information content (AvgIpc) is 3.43. The molecular formula is C24H20Cl2N2O3. The molecule has 5 rings (SSSR count). The van der Waals surface area contributed by atoms with Crippen molar-refractivity contribution in [2.75, 3.05) is 5.32 Å². The van der Waals surface area contributed by atoms with E-state index in [9.17, 15) is 14.4 Å². The standard InChI is InChI=1S/C24H20Cl2N2O3/c25-16-5-3-13(4-6-16)19(12-20(29)27-18-9-7-17(26)8-10-18)28-23(30)21-14-1-2-15(11-14)22(21)24(28)31/h1-10,14-15,19,21-22H,11-12H2,(H,27,29). The summed E-state index contributed by atoms with van der Waals surface area (Å²) in [7, 11) is 0. The summed E-state index contributed by atoms with van der Waals surface area (Å²) < 4.78 is 0. The number of imide groups is 1. The van der Waals surface area contributed by atoms with Crippen LogP contribution in [0.1, 0.15) is 24.4 Å². The van der Waals surface area contributed by atoms with Gasteiger partial charge in [0, 0.05) is 15.7 Å². The van der Waals surface area contributed by atoms with Crippen LogP contribution in [0.15, 0.2) is 60.7 Å². The maximum atomic E-state index is 13.3. The van der Waals surface area contributed by atoms with Crippen molar-refractivity contribution in [2.24, 2.45) is 23.7 Å². The Morgan fingerprint density at radius 1 is 0.903 bits per heavy atom. The van der Waals surface area contributed by atoms with Crippen LogP contribution in [0.2, 0.25) is 10.0 Å². The number of carbonyl (C=O) groups is 3. The van der Waals surface area contributed by atoms with E-state index in [1.165, 1.54) is 4.90 Å². The highest BCUT2D eigenvalue weighted by atomic mass is 35.5. The van der Waals surface area contributed by atoms with Crippen LogP contribution in [0.25, 0.3) is 0 Å². The highest BCUT2D eigenvalue weighted by molar-refractivity contribution is 6.30. The largest absolute Gasteiger partial charge is 0.326 e. The first-order valence-electron chi connectivity index (χ1n) is 10.3. The van der Waals surface area contributed by atoms with Crippen molar-refractivity contribution in [3.8, 4) is 0 Å². The zero-order valence-electron chi connectivity index (χ0n) is 16.5. The molecule has 5 atom stereocenters. The maximum Gasteiger partial charge on any atom is 0.234 e. The van der Waals surface area contributed by atoms with Crippen LogP contribution in [0.5, 0.6) is 0 Å². The van der Waals surface area contributed by atoms with Gasteiger partial charge in [-0.15, -0.1) is 0 Å². The topological polar surface area (TPSA) is 66.5 Å². The molecule has 3 amide bonds. The van der Waals surface area contributed by atoms with E-state index in [0.717, 1.165) is 6.42 Å². The Labute approximate surface area is 190 Å². The number of benzene rings is 2. The van der Waals surface area contributed by atoms with Gasteiger partial charge in [0.1, 0.15) is 0 Å². The summed E-state index contributed by atoms with van der Waals surface area (Å²) in [6.07, 6.45) is 4.95. The predicted octanol–water partition coefficient (Wildman–Crippen LogP) is 4.87. The zero-order valence-corrected chi connectivity index (χ0v) is 18.0. The van der Waals surface area contributed by atoms with Gasteiger partial charge in [-0.05, 0) is 60.2 Å². The molecule has 2 aromatic rings. The predicted molar refractivity (Wildman–Crippen MR) is 118 cm³/mol. The molecule has 3 aliphatic rings. The number of nitrogens with zero attached hydrogens (tertiary/aromatic N) is 1. The van der Waals surface area contributed by atoms with Gasteiger partial charge in [0.25, 0.3) is 0 Å². The molecule has 158 valence electrons. The molecule has 0 spiro atoms. The number of fused-ring (bicyclic) bond motifs is 5. The molecule has 7 heteroatoms. The molecule has 2 aromatic carbocycles. The Bertz CT molecular complexity index is 1050. The first-order chi connectivity index (χ1) is 14.9. The van der Waals surface area contributed by atoms with Crippen LogP contribution >= 0.6 is 23.2 Å². The lowest BCUT2D eigenvalue weighted by molar-refractivity contribution is -0.144. The molecule has 31 heavy (non-hydrogen) atoms. The number of amides is 3. The van der Waals surface area contributed by atoms with Crippen LogP contribution in [0.4, 0.5) is 5.69 Å². The molecule has 1 saturated carbocycles. The molecule has 1 heterocycles. The minimum Gasteiger partial charge on any atom is -0.326 e. The minimum atomic E-state index is -0.686. The number of anilines is 1. The second-order valence-electron chi connectivity index (χ2n) is 8.37. The smallest absolute Gasteiger partial charge is 0.234 e. The molecule has 0 radical (unpaired) electrons. The van der Waals surface area contributed by atoms with E-state index in [4.69, 9.17) is 23.2 Å². The Kier molecular flexibility index (Phi) is 5.11. The molecule has 1 saturated heterocycles. The summed E-state index contributed by atoms with van der Waals surface area (Å²) in [5.74, 6) is -1.03. The fourth-order valence-corrected chi connectivity index (χ4v) is 5.45. The first kappa shape index (κ1) is 20.3. The highest BCUT2D eigenvalue weighted by Gasteiger charge is 2.60. The van der Waals surface area contributed by atoms with Crippen molar-refractivity contribution in [1.29, 1.82) is 0 Å². The van der Waals surface area contributed by atoms with Crippen molar-refractivity contribution < 1.29 is 14.4 Å². The summed E-state index contributed by atoms with van der Waals surface area (Å²) >= 11 is 11.9. The first-order valence-corrected chi connectivity index (χ1v) is 11.0. The van der Waals surface area contributed by atoms with Gasteiger partial charge in [-0.2, -0.15) is 0 Å². The number of carbonyl (C=O) groups excluding carboxylic acids is 3. The van der Waals surface area contributed by atoms with E-state index in [-0.39, 0.29) is 47.8 Å². The molecule has 0 aromatic heterocycles. The lowest BCUT2D eigenvalue weighted by Gasteiger charge is -2.28. The molecule has 5 nitrogen and oxygen atoms in total. The Balaban J connectivity index is 1.43. The monoisotopic (exact) mass is 454 g/mol. The normalized spacial score (nSPS) is 27.0. The zero-order chi connectivity index (χ0) is 21.7. The van der Waals surface area contributed by atoms with Crippen LogP contribution in [-0.2, 0) is 14.4 Å². The lowest BCUT2D eigenvalue weighted by Crippen LogP contribution is -2.38. The van der Waals surface area contributed by atoms with Gasteiger partial charge in [0.2, 0.25) is 17.7 Å². The van der Waals surface area contributed by atoms with Crippen LogP contribution in [-0.4, -0.2) is 22.6 Å². The number of hydrogen-bond donors (Lipinski definition) is 1. The van der Waals surface area contributed by atoms with Crippen molar-refractivity contribution in [1.82, 2.24) is 4.90 Å². The number of rotatable bonds is 5. The van der Waals surface area contributed by atoms with Crippen LogP contribution in [0.3, 0.4) is 0 Å². The van der Waals surface area contributed by atoms with Gasteiger partial charge in [-0.25, -0.2) is 0 Å². The van der Waals surface area contributed by atoms with Gasteiger partial charge in [-0.1, -0.05) is 47.5 Å². The summed E-state index contributed by atoms with van der Waals surface area (Å²) in [4.78, 5) is 40.9. The Morgan fingerprint density at radius 2 is 1.42 bits per heavy atom. The molecule has 1 N–H and O–H groups in total. The summed E-state index contributed by atoms with van der Waals surface area (Å²) in [5.41, 5.74) is 1.31. The van der Waals surface area contributed by atoms with Crippen molar-refractivity contribution in [3.05, 3.63) is 76.3 Å². The number of nitrogens with one attached hydrogen (secondary N) is 1. The summed E-state index contributed by atoms with van der Waals surface area (Å²) in [6.45, 7) is 0. The fourth-order valence-electron chi connectivity index (χ4n) is 5.20. The van der Waals surface area contributed by atoms with Crippen LogP contribution in [0, 0.1) is 23.7 Å². The highest BCUT2D eigenvalue weighted by Crippen LogP contribution is 2.54. The van der Waals surface area contributed by atoms with Gasteiger partial charge in [0.05, 0.1) is 24.3 Å². The number of halogens is 2. The number of hydrogen-bond acceptors (Lipinski definition) is 3. The minimum absolute atomic E-state index is 0.0378. The van der Waals surface area contributed by atoms with Crippen molar-refractivity contribution in [3.63, 3.8) is 0 Å². The van der Waals surface area contributed by atoms with Crippen LogP contribution < -0.4 is 5.32 Å². The Hall–Kier alpha value is -2.63. The Morgan fingerprint density at radius 3 is 1.97 bits per heavy atom. The van der Waals surface area contributed by atoms with E-state index >= 15 is 0 Å². The third kappa shape index (κ3) is 3.56. The third-order valence-electron chi connectivity index (χ3n) is 6.58. The molecule has 1 aliphatic heterocycles. The molecular weight excluding hydrogens is 435 g/mol. The van der Waals surface area contributed by atoms with Gasteiger partial charge < -0.3 is 5.32 Å². The fraction of sp³-hybridized carbons (Fsp3) is 0.292. The maximum absolute atomic E-state index is 13.3. The SMILES string of the molecule is O=C(CC(c1ccc(Cl)cc1)N1C(=O)C2C3C=CC(C3)C2C1=O)Nc1ccc(Cl)cc1. The third-order valence-corrected chi connectivity index (χ3v) is 7.08. The molecule has 2 fully saturated rings. The quantitative estimate of drug-likeness (QED) is 0.517. The van der Waals surface area contributed by atoms with E-state index in [0.29, 0.717) is 21.3 Å². The number of allylic oxidation sites excluding steroid dienone is 2. The molecule has 2 bridgehead atoms. The average molecular weight is 455 g/mol. The van der Waals surface area contributed by atoms with Crippen molar-refractivity contribution >= 4 is 46.6 Å². The number of likely N-dealkylation sites (tertiary alicyclic amines) is 1. The molecule has 2 aliphatic carbocycles. The lowest BCUT2D eigenvalue weighted by atomic mass is 9.85. The summed E-state index contributed by atoms with van der Waals surface area (Å²) in [5, 5.41) is 3.95. The second-order valence-corrected chi connectivity index (χ2v) is 9.25. The summed E-state index contributed by atoms with van der Waals surface area (Å²) in [6, 6.07) is 13.0. The second kappa shape index (κ2) is 7.81. The van der Waals surface area contributed by atoms with E-state index in [2.05, 4.69) is 17.5 Å². The molecule has 5 unspecified atom stereocenters. The van der Waals surface area contributed by atoms with E-state index in [1.807, 2.05) is 0 Å². The van der Waals surface area contributed by atoms with Crippen molar-refractivity contribution in [2.45, 2.75) is 18.9 Å².